The van der Waals surface area contributed by atoms with Crippen LogP contribution in [0, 0.1) is 5.92 Å². The molecule has 1 N–H and O–H groups in total. The molecule has 0 radical (unpaired) electrons. The lowest BCUT2D eigenvalue weighted by Gasteiger charge is -2.28. The molecular formula is C17H23NO3. The Hall–Kier alpha value is -1.55. The normalized spacial score (nSPS) is 27.4. The summed E-state index contributed by atoms with van der Waals surface area (Å²) in [7, 11) is 1.64. The maximum absolute atomic E-state index is 12.0. The Morgan fingerprint density at radius 3 is 2.48 bits per heavy atom. The minimum absolute atomic E-state index is 0.0721. The SMILES string of the molecule is COc1ccc(COC(=O)CC2CC3CCC(C2)N3)cc1. The maximum Gasteiger partial charge on any atom is 0.306 e. The maximum atomic E-state index is 12.0. The summed E-state index contributed by atoms with van der Waals surface area (Å²) in [6.45, 7) is 0.348. The summed E-state index contributed by atoms with van der Waals surface area (Å²) in [5.74, 6) is 1.24. The van der Waals surface area contributed by atoms with Crippen molar-refractivity contribution in [1.82, 2.24) is 5.32 Å². The first-order valence-corrected chi connectivity index (χ1v) is 7.77. The summed E-state index contributed by atoms with van der Waals surface area (Å²) in [4.78, 5) is 12.0. The molecule has 21 heavy (non-hydrogen) atoms. The van der Waals surface area contributed by atoms with E-state index in [4.69, 9.17) is 9.47 Å². The topological polar surface area (TPSA) is 47.6 Å². The molecule has 1 aromatic rings. The van der Waals surface area contributed by atoms with E-state index in [0.29, 0.717) is 31.0 Å². The van der Waals surface area contributed by atoms with Crippen LogP contribution in [0.5, 0.6) is 5.75 Å². The zero-order valence-corrected chi connectivity index (χ0v) is 12.5. The molecule has 2 atom stereocenters. The lowest BCUT2D eigenvalue weighted by Crippen LogP contribution is -2.38. The summed E-state index contributed by atoms with van der Waals surface area (Å²) in [6.07, 6.45) is 5.33. The monoisotopic (exact) mass is 289 g/mol. The summed E-state index contributed by atoms with van der Waals surface area (Å²) in [5, 5.41) is 3.60. The molecule has 1 aromatic carbocycles. The Morgan fingerprint density at radius 1 is 1.19 bits per heavy atom. The standard InChI is InChI=1S/C17H23NO3/c1-20-16-6-2-12(3-7-16)11-21-17(19)10-13-8-14-4-5-15(9-13)18-14/h2-3,6-7,13-15,18H,4-5,8-11H2,1H3. The Balaban J connectivity index is 1.43. The van der Waals surface area contributed by atoms with Crippen LogP contribution in [0.25, 0.3) is 0 Å². The number of hydrogen-bond acceptors (Lipinski definition) is 4. The van der Waals surface area contributed by atoms with E-state index in [-0.39, 0.29) is 5.97 Å². The lowest BCUT2D eigenvalue weighted by atomic mass is 9.90. The molecule has 2 saturated heterocycles. The van der Waals surface area contributed by atoms with Gasteiger partial charge in [-0.2, -0.15) is 0 Å². The molecule has 114 valence electrons. The number of carbonyl (C=O) groups is 1. The highest BCUT2D eigenvalue weighted by atomic mass is 16.5. The molecule has 2 bridgehead atoms. The number of esters is 1. The molecule has 0 spiro atoms. The van der Waals surface area contributed by atoms with Crippen LogP contribution in [0.1, 0.15) is 37.7 Å². The number of nitrogens with one attached hydrogen (secondary N) is 1. The van der Waals surface area contributed by atoms with Gasteiger partial charge >= 0.3 is 5.97 Å². The molecule has 0 saturated carbocycles. The Kier molecular flexibility index (Phi) is 4.44. The van der Waals surface area contributed by atoms with E-state index in [0.717, 1.165) is 24.2 Å². The smallest absolute Gasteiger partial charge is 0.306 e. The number of piperidine rings is 1. The van der Waals surface area contributed by atoms with Crippen molar-refractivity contribution in [3.8, 4) is 5.75 Å². The van der Waals surface area contributed by atoms with Crippen LogP contribution in [0.2, 0.25) is 0 Å². The van der Waals surface area contributed by atoms with Gasteiger partial charge in [-0.25, -0.2) is 0 Å². The van der Waals surface area contributed by atoms with E-state index in [1.54, 1.807) is 7.11 Å². The predicted octanol–water partition coefficient (Wildman–Crippen LogP) is 2.66. The van der Waals surface area contributed by atoms with Crippen molar-refractivity contribution in [2.45, 2.75) is 50.8 Å². The third-order valence-electron chi connectivity index (χ3n) is 4.58. The van der Waals surface area contributed by atoms with Crippen molar-refractivity contribution < 1.29 is 14.3 Å². The van der Waals surface area contributed by atoms with Crippen molar-refractivity contribution in [3.63, 3.8) is 0 Å². The number of fused-ring (bicyclic) bond motifs is 2. The highest BCUT2D eigenvalue weighted by Gasteiger charge is 2.34. The van der Waals surface area contributed by atoms with Gasteiger partial charge in [0, 0.05) is 18.5 Å². The molecule has 2 fully saturated rings. The van der Waals surface area contributed by atoms with Crippen LogP contribution < -0.4 is 10.1 Å². The van der Waals surface area contributed by atoms with Crippen LogP contribution in [0.15, 0.2) is 24.3 Å². The van der Waals surface area contributed by atoms with Gasteiger partial charge in [-0.15, -0.1) is 0 Å². The van der Waals surface area contributed by atoms with E-state index in [2.05, 4.69) is 5.32 Å². The van der Waals surface area contributed by atoms with Crippen molar-refractivity contribution in [1.29, 1.82) is 0 Å². The number of carbonyl (C=O) groups excluding carboxylic acids is 1. The first-order chi connectivity index (χ1) is 10.2. The quantitative estimate of drug-likeness (QED) is 0.847. The summed E-state index contributed by atoms with van der Waals surface area (Å²) in [5.41, 5.74) is 0.995. The highest BCUT2D eigenvalue weighted by molar-refractivity contribution is 5.69. The second-order valence-corrected chi connectivity index (χ2v) is 6.19. The highest BCUT2D eigenvalue weighted by Crippen LogP contribution is 2.32. The summed E-state index contributed by atoms with van der Waals surface area (Å²) in [6, 6.07) is 8.88. The largest absolute Gasteiger partial charge is 0.497 e. The van der Waals surface area contributed by atoms with E-state index in [1.807, 2.05) is 24.3 Å². The van der Waals surface area contributed by atoms with Gasteiger partial charge in [0.1, 0.15) is 12.4 Å². The van der Waals surface area contributed by atoms with Gasteiger partial charge < -0.3 is 14.8 Å². The molecule has 0 aliphatic carbocycles. The summed E-state index contributed by atoms with van der Waals surface area (Å²) >= 11 is 0. The fraction of sp³-hybridized carbons (Fsp3) is 0.588. The Morgan fingerprint density at radius 2 is 1.86 bits per heavy atom. The fourth-order valence-electron chi connectivity index (χ4n) is 3.52. The first-order valence-electron chi connectivity index (χ1n) is 7.77. The zero-order chi connectivity index (χ0) is 14.7. The van der Waals surface area contributed by atoms with E-state index >= 15 is 0 Å². The molecular weight excluding hydrogens is 266 g/mol. The van der Waals surface area contributed by atoms with Gasteiger partial charge in [0.25, 0.3) is 0 Å². The van der Waals surface area contributed by atoms with E-state index in [1.165, 1.54) is 12.8 Å². The number of hydrogen-bond donors (Lipinski definition) is 1. The fourth-order valence-corrected chi connectivity index (χ4v) is 3.52. The van der Waals surface area contributed by atoms with Gasteiger partial charge in [0.15, 0.2) is 0 Å². The Bertz CT molecular complexity index is 473. The van der Waals surface area contributed by atoms with Crippen molar-refractivity contribution in [3.05, 3.63) is 29.8 Å². The third-order valence-corrected chi connectivity index (χ3v) is 4.58. The second kappa shape index (κ2) is 6.48. The molecule has 4 nitrogen and oxygen atoms in total. The van der Waals surface area contributed by atoms with Crippen molar-refractivity contribution in [2.24, 2.45) is 5.92 Å². The van der Waals surface area contributed by atoms with Gasteiger partial charge in [0.2, 0.25) is 0 Å². The van der Waals surface area contributed by atoms with Gasteiger partial charge in [-0.3, -0.25) is 4.79 Å². The van der Waals surface area contributed by atoms with Crippen molar-refractivity contribution >= 4 is 5.97 Å². The van der Waals surface area contributed by atoms with Crippen LogP contribution in [0.4, 0.5) is 0 Å². The zero-order valence-electron chi connectivity index (χ0n) is 12.5. The minimum Gasteiger partial charge on any atom is -0.497 e. The average molecular weight is 289 g/mol. The molecule has 3 rings (SSSR count). The predicted molar refractivity (Wildman–Crippen MR) is 80.1 cm³/mol. The number of benzene rings is 1. The second-order valence-electron chi connectivity index (χ2n) is 6.19. The van der Waals surface area contributed by atoms with Crippen LogP contribution >= 0.6 is 0 Å². The van der Waals surface area contributed by atoms with Crippen LogP contribution in [0.3, 0.4) is 0 Å². The lowest BCUT2D eigenvalue weighted by molar-refractivity contribution is -0.146. The molecule has 0 amide bonds. The van der Waals surface area contributed by atoms with Gasteiger partial charge in [-0.05, 0) is 49.3 Å². The van der Waals surface area contributed by atoms with Gasteiger partial charge in [0.05, 0.1) is 7.11 Å². The minimum atomic E-state index is -0.0721. The molecule has 2 heterocycles. The number of methoxy groups -OCH3 is 1. The average Bonchev–Trinajstić information content (AvgIpc) is 2.84. The van der Waals surface area contributed by atoms with E-state index < -0.39 is 0 Å². The van der Waals surface area contributed by atoms with Crippen molar-refractivity contribution in [2.75, 3.05) is 7.11 Å². The molecule has 0 aromatic heterocycles. The summed E-state index contributed by atoms with van der Waals surface area (Å²) < 4.78 is 10.5. The van der Waals surface area contributed by atoms with E-state index in [9.17, 15) is 4.79 Å². The van der Waals surface area contributed by atoms with Crippen LogP contribution in [-0.2, 0) is 16.1 Å². The Labute approximate surface area is 125 Å². The molecule has 2 aliphatic rings. The first kappa shape index (κ1) is 14.4. The van der Waals surface area contributed by atoms with Crippen LogP contribution in [-0.4, -0.2) is 25.2 Å². The number of rotatable bonds is 5. The molecule has 2 unspecified atom stereocenters. The third kappa shape index (κ3) is 3.76. The van der Waals surface area contributed by atoms with Gasteiger partial charge in [-0.1, -0.05) is 12.1 Å². The molecule has 4 heteroatoms. The number of ether oxygens (including phenoxy) is 2. The molecule has 2 aliphatic heterocycles.